The van der Waals surface area contributed by atoms with Crippen molar-refractivity contribution in [3.05, 3.63) is 28.0 Å². The first kappa shape index (κ1) is 15.7. The fourth-order valence-corrected chi connectivity index (χ4v) is 2.44. The van der Waals surface area contributed by atoms with Crippen LogP contribution in [0.5, 0.6) is 0 Å². The number of nitrogens with zero attached hydrogens (tertiary/aromatic N) is 3. The molecule has 0 unspecified atom stereocenters. The quantitative estimate of drug-likeness (QED) is 0.581. The molecule has 0 aliphatic carbocycles. The van der Waals surface area contributed by atoms with E-state index in [1.165, 1.54) is 0 Å². The molecule has 0 spiro atoms. The summed E-state index contributed by atoms with van der Waals surface area (Å²) in [5, 5.41) is 6.49. The van der Waals surface area contributed by atoms with Gasteiger partial charge in [-0.25, -0.2) is 20.8 Å². The molecule has 6 nitrogen and oxygen atoms in total. The smallest absolute Gasteiger partial charge is 0.145 e. The van der Waals surface area contributed by atoms with E-state index >= 15 is 0 Å². The van der Waals surface area contributed by atoms with Gasteiger partial charge in [-0.1, -0.05) is 20.8 Å². The molecule has 2 aromatic rings. The highest BCUT2D eigenvalue weighted by molar-refractivity contribution is 7.09. The molecule has 0 aliphatic heterocycles. The van der Waals surface area contributed by atoms with Crippen LogP contribution in [0.4, 0.5) is 11.6 Å². The predicted octanol–water partition coefficient (Wildman–Crippen LogP) is 2.48. The number of rotatable bonds is 5. The van der Waals surface area contributed by atoms with E-state index in [-0.39, 0.29) is 5.41 Å². The van der Waals surface area contributed by atoms with Crippen molar-refractivity contribution in [3.8, 4) is 0 Å². The Morgan fingerprint density at radius 3 is 2.48 bits per heavy atom. The van der Waals surface area contributed by atoms with Crippen LogP contribution in [-0.4, -0.2) is 21.5 Å². The second-order valence-corrected chi connectivity index (χ2v) is 6.95. The molecule has 7 heteroatoms. The van der Waals surface area contributed by atoms with Crippen molar-refractivity contribution in [2.45, 2.75) is 39.5 Å². The number of aryl methyl sites for hydroxylation is 1. The van der Waals surface area contributed by atoms with Gasteiger partial charge in [0, 0.05) is 29.8 Å². The van der Waals surface area contributed by atoms with Crippen LogP contribution in [0.1, 0.15) is 37.3 Å². The van der Waals surface area contributed by atoms with E-state index in [0.29, 0.717) is 5.82 Å². The van der Waals surface area contributed by atoms with Crippen LogP contribution in [-0.2, 0) is 11.8 Å². The van der Waals surface area contributed by atoms with Crippen molar-refractivity contribution in [1.82, 2.24) is 15.0 Å². The zero-order chi connectivity index (χ0) is 15.5. The van der Waals surface area contributed by atoms with Crippen LogP contribution < -0.4 is 16.6 Å². The first-order valence-electron chi connectivity index (χ1n) is 6.89. The molecule has 114 valence electrons. The number of nitrogen functional groups attached to an aromatic ring is 1. The Morgan fingerprint density at radius 2 is 1.90 bits per heavy atom. The molecule has 2 aromatic heterocycles. The number of aromatic nitrogens is 3. The fourth-order valence-electron chi connectivity index (χ4n) is 1.79. The molecule has 0 aliphatic rings. The number of thiazole rings is 1. The Kier molecular flexibility index (Phi) is 4.74. The number of hydrazine groups is 1. The molecule has 4 N–H and O–H groups in total. The molecule has 0 saturated carbocycles. The van der Waals surface area contributed by atoms with E-state index in [1.54, 1.807) is 11.3 Å². The van der Waals surface area contributed by atoms with E-state index in [2.05, 4.69) is 51.8 Å². The number of nitrogens with one attached hydrogen (secondary N) is 2. The van der Waals surface area contributed by atoms with Gasteiger partial charge in [0.05, 0.1) is 10.7 Å². The largest absolute Gasteiger partial charge is 0.370 e. The van der Waals surface area contributed by atoms with Gasteiger partial charge in [-0.3, -0.25) is 0 Å². The number of hydrogen-bond donors (Lipinski definition) is 3. The van der Waals surface area contributed by atoms with E-state index in [1.807, 2.05) is 13.0 Å². The lowest BCUT2D eigenvalue weighted by Crippen LogP contribution is -2.20. The molecular formula is C14H22N6S. The van der Waals surface area contributed by atoms with Gasteiger partial charge < -0.3 is 10.7 Å². The highest BCUT2D eigenvalue weighted by Gasteiger charge is 2.19. The van der Waals surface area contributed by atoms with Gasteiger partial charge >= 0.3 is 0 Å². The highest BCUT2D eigenvalue weighted by atomic mass is 32.1. The molecule has 0 fully saturated rings. The second kappa shape index (κ2) is 6.36. The van der Waals surface area contributed by atoms with Crippen LogP contribution in [0.15, 0.2) is 11.4 Å². The van der Waals surface area contributed by atoms with Gasteiger partial charge in [0.15, 0.2) is 0 Å². The van der Waals surface area contributed by atoms with Gasteiger partial charge in [0.2, 0.25) is 0 Å². The van der Waals surface area contributed by atoms with E-state index in [9.17, 15) is 0 Å². The summed E-state index contributed by atoms with van der Waals surface area (Å²) in [5.74, 6) is 7.62. The molecule has 0 aromatic carbocycles. The van der Waals surface area contributed by atoms with Gasteiger partial charge in [0.25, 0.3) is 0 Å². The molecule has 21 heavy (non-hydrogen) atoms. The molecule has 0 radical (unpaired) electrons. The lowest BCUT2D eigenvalue weighted by Gasteiger charge is -2.18. The summed E-state index contributed by atoms with van der Waals surface area (Å²) in [5.41, 5.74) is 3.56. The summed E-state index contributed by atoms with van der Waals surface area (Å²) in [6.45, 7) is 9.01. The summed E-state index contributed by atoms with van der Waals surface area (Å²) in [4.78, 5) is 13.4. The van der Waals surface area contributed by atoms with Crippen molar-refractivity contribution in [2.75, 3.05) is 17.3 Å². The minimum Gasteiger partial charge on any atom is -0.370 e. The maximum Gasteiger partial charge on any atom is 0.145 e. The SMILES string of the molecule is Cc1nc(CCNc2cc(NN)nc(C(C)(C)C)n2)cs1. The topological polar surface area (TPSA) is 88.8 Å². The summed E-state index contributed by atoms with van der Waals surface area (Å²) < 4.78 is 0. The Labute approximate surface area is 129 Å². The van der Waals surface area contributed by atoms with Crippen LogP contribution >= 0.6 is 11.3 Å². The molecule has 0 amide bonds. The Balaban J connectivity index is 2.05. The van der Waals surface area contributed by atoms with E-state index in [0.717, 1.165) is 35.3 Å². The van der Waals surface area contributed by atoms with Crippen LogP contribution in [0.25, 0.3) is 0 Å². The monoisotopic (exact) mass is 306 g/mol. The highest BCUT2D eigenvalue weighted by Crippen LogP contribution is 2.22. The Hall–Kier alpha value is -1.73. The second-order valence-electron chi connectivity index (χ2n) is 5.89. The normalized spacial score (nSPS) is 11.5. The first-order chi connectivity index (χ1) is 9.88. The first-order valence-corrected chi connectivity index (χ1v) is 7.77. The summed E-state index contributed by atoms with van der Waals surface area (Å²) in [6.07, 6.45) is 0.866. The standard InChI is InChI=1S/C14H22N6S/c1-9-17-10(8-21-9)5-6-16-11-7-12(20-15)19-13(18-11)14(2,3)4/h7-8H,5-6,15H2,1-4H3,(H2,16,18,19,20). The maximum absolute atomic E-state index is 5.48. The lowest BCUT2D eigenvalue weighted by atomic mass is 9.96. The minimum atomic E-state index is -0.130. The molecule has 2 heterocycles. The Bertz CT molecular complexity index is 602. The minimum absolute atomic E-state index is 0.130. The summed E-state index contributed by atoms with van der Waals surface area (Å²) in [6, 6.07) is 1.81. The molecule has 0 bridgehead atoms. The lowest BCUT2D eigenvalue weighted by molar-refractivity contribution is 0.546. The fraction of sp³-hybridized carbons (Fsp3) is 0.500. The van der Waals surface area contributed by atoms with Crippen molar-refractivity contribution in [3.63, 3.8) is 0 Å². The van der Waals surface area contributed by atoms with E-state index in [4.69, 9.17) is 5.84 Å². The zero-order valence-corrected chi connectivity index (χ0v) is 13.7. The maximum atomic E-state index is 5.48. The van der Waals surface area contributed by atoms with Gasteiger partial charge in [0.1, 0.15) is 17.5 Å². The van der Waals surface area contributed by atoms with Crippen molar-refractivity contribution >= 4 is 23.0 Å². The van der Waals surface area contributed by atoms with Gasteiger partial charge in [-0.15, -0.1) is 11.3 Å². The van der Waals surface area contributed by atoms with Gasteiger partial charge in [-0.05, 0) is 6.92 Å². The average Bonchev–Trinajstić information content (AvgIpc) is 2.83. The number of nitrogens with two attached hydrogens (primary N) is 1. The molecule has 2 rings (SSSR count). The predicted molar refractivity (Wildman–Crippen MR) is 87.6 cm³/mol. The molecule has 0 atom stereocenters. The van der Waals surface area contributed by atoms with Gasteiger partial charge in [-0.2, -0.15) is 0 Å². The van der Waals surface area contributed by atoms with Crippen LogP contribution in [0.2, 0.25) is 0 Å². The third kappa shape index (κ3) is 4.37. The van der Waals surface area contributed by atoms with E-state index < -0.39 is 0 Å². The summed E-state index contributed by atoms with van der Waals surface area (Å²) in [7, 11) is 0. The van der Waals surface area contributed by atoms with Crippen molar-refractivity contribution in [2.24, 2.45) is 5.84 Å². The molecular weight excluding hydrogens is 284 g/mol. The molecule has 0 saturated heterocycles. The number of anilines is 2. The third-order valence-electron chi connectivity index (χ3n) is 2.90. The number of hydrogen-bond acceptors (Lipinski definition) is 7. The van der Waals surface area contributed by atoms with Crippen LogP contribution in [0.3, 0.4) is 0 Å². The summed E-state index contributed by atoms with van der Waals surface area (Å²) >= 11 is 1.67. The average molecular weight is 306 g/mol. The van der Waals surface area contributed by atoms with Crippen LogP contribution in [0, 0.1) is 6.92 Å². The van der Waals surface area contributed by atoms with Crippen molar-refractivity contribution < 1.29 is 0 Å². The Morgan fingerprint density at radius 1 is 1.19 bits per heavy atom. The third-order valence-corrected chi connectivity index (χ3v) is 3.72. The zero-order valence-electron chi connectivity index (χ0n) is 12.9. The van der Waals surface area contributed by atoms with Crippen molar-refractivity contribution in [1.29, 1.82) is 0 Å².